The molecule has 1 aliphatic heterocycles. The molecule has 2 fully saturated rings. The Hall–Kier alpha value is -1.88. The fourth-order valence-corrected chi connectivity index (χ4v) is 3.71. The molecule has 1 aliphatic carbocycles. The average molecular weight is 330 g/mol. The van der Waals surface area contributed by atoms with Crippen molar-refractivity contribution in [3.8, 4) is 5.75 Å². The third kappa shape index (κ3) is 3.46. The van der Waals surface area contributed by atoms with Gasteiger partial charge in [0.2, 0.25) is 5.91 Å². The highest BCUT2D eigenvalue weighted by molar-refractivity contribution is 6.22. The minimum absolute atomic E-state index is 0.134. The second kappa shape index (κ2) is 7.34. The van der Waals surface area contributed by atoms with Gasteiger partial charge in [0.15, 0.2) is 0 Å². The molecule has 2 aliphatic rings. The number of anilines is 1. The van der Waals surface area contributed by atoms with Crippen molar-refractivity contribution < 1.29 is 14.3 Å². The first kappa shape index (κ1) is 17.0. The number of nitrogens with zero attached hydrogens (tertiary/aromatic N) is 1. The van der Waals surface area contributed by atoms with E-state index in [0.29, 0.717) is 24.3 Å². The lowest BCUT2D eigenvalue weighted by molar-refractivity contribution is -0.121. The van der Waals surface area contributed by atoms with E-state index in [9.17, 15) is 9.59 Å². The van der Waals surface area contributed by atoms with E-state index in [4.69, 9.17) is 4.74 Å². The molecule has 0 radical (unpaired) electrons. The number of amides is 2. The maximum atomic E-state index is 12.7. The summed E-state index contributed by atoms with van der Waals surface area (Å²) in [4.78, 5) is 26.4. The summed E-state index contributed by atoms with van der Waals surface area (Å²) in [5, 5.41) is 3.44. The van der Waals surface area contributed by atoms with Crippen LogP contribution in [0.25, 0.3) is 0 Å². The summed E-state index contributed by atoms with van der Waals surface area (Å²) in [5.74, 6) is 1.03. The first-order valence-electron chi connectivity index (χ1n) is 8.96. The van der Waals surface area contributed by atoms with Crippen LogP contribution in [0, 0.1) is 5.92 Å². The molecule has 1 N–H and O–H groups in total. The highest BCUT2D eigenvalue weighted by Crippen LogP contribution is 2.28. The number of hydrogen-bond donors (Lipinski definition) is 1. The fourth-order valence-electron chi connectivity index (χ4n) is 3.71. The summed E-state index contributed by atoms with van der Waals surface area (Å²) < 4.78 is 5.41. The molecule has 3 atom stereocenters. The normalized spacial score (nSPS) is 27.6. The predicted octanol–water partition coefficient (Wildman–Crippen LogP) is 2.89. The van der Waals surface area contributed by atoms with Crippen LogP contribution >= 0.6 is 0 Å². The molecule has 5 nitrogen and oxygen atoms in total. The molecule has 1 heterocycles. The zero-order valence-corrected chi connectivity index (χ0v) is 14.5. The lowest BCUT2D eigenvalue weighted by Crippen LogP contribution is -2.47. The summed E-state index contributed by atoms with van der Waals surface area (Å²) in [6.45, 7) is 4.73. The maximum absolute atomic E-state index is 12.7. The van der Waals surface area contributed by atoms with Gasteiger partial charge in [0.25, 0.3) is 5.91 Å². The van der Waals surface area contributed by atoms with Crippen molar-refractivity contribution in [2.45, 2.75) is 58.0 Å². The highest BCUT2D eigenvalue weighted by Gasteiger charge is 2.41. The number of rotatable bonds is 5. The number of imide groups is 1. The van der Waals surface area contributed by atoms with Crippen molar-refractivity contribution >= 4 is 17.5 Å². The van der Waals surface area contributed by atoms with Crippen LogP contribution < -0.4 is 15.0 Å². The third-order valence-electron chi connectivity index (χ3n) is 5.08. The molecule has 3 rings (SSSR count). The first-order valence-corrected chi connectivity index (χ1v) is 8.96. The van der Waals surface area contributed by atoms with Gasteiger partial charge < -0.3 is 10.1 Å². The summed E-state index contributed by atoms with van der Waals surface area (Å²) in [7, 11) is 0. The Balaban J connectivity index is 1.69. The zero-order valence-electron chi connectivity index (χ0n) is 14.5. The Bertz CT molecular complexity index is 599. The van der Waals surface area contributed by atoms with Crippen LogP contribution in [0.4, 0.5) is 5.69 Å². The number of hydrogen-bond acceptors (Lipinski definition) is 4. The molecule has 3 unspecified atom stereocenters. The van der Waals surface area contributed by atoms with E-state index in [1.54, 1.807) is 24.3 Å². The van der Waals surface area contributed by atoms with Crippen LogP contribution in [0.5, 0.6) is 5.75 Å². The lowest BCUT2D eigenvalue weighted by atomic mass is 9.85. The van der Waals surface area contributed by atoms with Crippen molar-refractivity contribution in [1.29, 1.82) is 0 Å². The van der Waals surface area contributed by atoms with Gasteiger partial charge in [0.05, 0.1) is 24.8 Å². The number of carbonyl (C=O) groups excluding carboxylic acids is 2. The van der Waals surface area contributed by atoms with Gasteiger partial charge in [-0.25, -0.2) is 4.90 Å². The predicted molar refractivity (Wildman–Crippen MR) is 93.1 cm³/mol. The molecule has 2 amide bonds. The highest BCUT2D eigenvalue weighted by atomic mass is 16.5. The molecule has 5 heteroatoms. The van der Waals surface area contributed by atoms with E-state index >= 15 is 0 Å². The van der Waals surface area contributed by atoms with E-state index in [-0.39, 0.29) is 18.2 Å². The van der Waals surface area contributed by atoms with Gasteiger partial charge >= 0.3 is 0 Å². The quantitative estimate of drug-likeness (QED) is 0.844. The summed E-state index contributed by atoms with van der Waals surface area (Å²) >= 11 is 0. The molecule has 1 saturated carbocycles. The topological polar surface area (TPSA) is 58.6 Å². The van der Waals surface area contributed by atoms with Crippen molar-refractivity contribution in [2.24, 2.45) is 5.92 Å². The molecule has 0 spiro atoms. The summed E-state index contributed by atoms with van der Waals surface area (Å²) in [6, 6.07) is 7.07. The van der Waals surface area contributed by atoms with Crippen molar-refractivity contribution in [3.05, 3.63) is 24.3 Å². The SMILES string of the molecule is CCOc1ccc(N2C(=O)CC(NC3CCCCC3C)C2=O)cc1. The minimum atomic E-state index is -0.394. The van der Waals surface area contributed by atoms with Crippen molar-refractivity contribution in [2.75, 3.05) is 11.5 Å². The van der Waals surface area contributed by atoms with Crippen molar-refractivity contribution in [3.63, 3.8) is 0 Å². The van der Waals surface area contributed by atoms with E-state index in [1.165, 1.54) is 24.2 Å². The van der Waals surface area contributed by atoms with Crippen LogP contribution in [-0.2, 0) is 9.59 Å². The maximum Gasteiger partial charge on any atom is 0.251 e. The van der Waals surface area contributed by atoms with Crippen LogP contribution in [0.15, 0.2) is 24.3 Å². The Kier molecular flexibility index (Phi) is 5.19. The zero-order chi connectivity index (χ0) is 17.1. The number of nitrogens with one attached hydrogen (secondary N) is 1. The number of ether oxygens (including phenoxy) is 1. The Morgan fingerprint density at radius 3 is 2.54 bits per heavy atom. The minimum Gasteiger partial charge on any atom is -0.494 e. The Morgan fingerprint density at radius 2 is 1.88 bits per heavy atom. The molecule has 0 bridgehead atoms. The third-order valence-corrected chi connectivity index (χ3v) is 5.08. The van der Waals surface area contributed by atoms with E-state index < -0.39 is 6.04 Å². The van der Waals surface area contributed by atoms with Gasteiger partial charge in [-0.3, -0.25) is 9.59 Å². The fraction of sp³-hybridized carbons (Fsp3) is 0.579. The standard InChI is InChI=1S/C19H26N2O3/c1-3-24-15-10-8-14(9-11-15)21-18(22)12-17(19(21)23)20-16-7-5-4-6-13(16)2/h8-11,13,16-17,20H,3-7,12H2,1-2H3. The molecule has 1 aromatic carbocycles. The number of carbonyl (C=O) groups is 2. The lowest BCUT2D eigenvalue weighted by Gasteiger charge is -2.31. The van der Waals surface area contributed by atoms with Crippen LogP contribution in [0.3, 0.4) is 0 Å². The van der Waals surface area contributed by atoms with Gasteiger partial charge in [-0.2, -0.15) is 0 Å². The molecule has 24 heavy (non-hydrogen) atoms. The van der Waals surface area contributed by atoms with Crippen LogP contribution in [0.1, 0.15) is 46.0 Å². The smallest absolute Gasteiger partial charge is 0.251 e. The van der Waals surface area contributed by atoms with Gasteiger partial charge in [-0.1, -0.05) is 19.8 Å². The largest absolute Gasteiger partial charge is 0.494 e. The summed E-state index contributed by atoms with van der Waals surface area (Å²) in [6.07, 6.45) is 4.97. The van der Waals surface area contributed by atoms with E-state index in [2.05, 4.69) is 12.2 Å². The van der Waals surface area contributed by atoms with Crippen LogP contribution in [-0.4, -0.2) is 30.5 Å². The van der Waals surface area contributed by atoms with Gasteiger partial charge in [0.1, 0.15) is 5.75 Å². The first-order chi connectivity index (χ1) is 11.6. The Labute approximate surface area is 143 Å². The van der Waals surface area contributed by atoms with Gasteiger partial charge in [-0.05, 0) is 49.9 Å². The molecule has 0 aromatic heterocycles. The van der Waals surface area contributed by atoms with E-state index in [0.717, 1.165) is 12.2 Å². The molecule has 1 saturated heterocycles. The average Bonchev–Trinajstić information content (AvgIpc) is 2.85. The van der Waals surface area contributed by atoms with E-state index in [1.807, 2.05) is 6.92 Å². The summed E-state index contributed by atoms with van der Waals surface area (Å²) in [5.41, 5.74) is 0.620. The molecular weight excluding hydrogens is 304 g/mol. The second-order valence-corrected chi connectivity index (χ2v) is 6.79. The Morgan fingerprint density at radius 1 is 1.17 bits per heavy atom. The molecule has 130 valence electrons. The second-order valence-electron chi connectivity index (χ2n) is 6.79. The van der Waals surface area contributed by atoms with Gasteiger partial charge in [-0.15, -0.1) is 0 Å². The molecular formula is C19H26N2O3. The van der Waals surface area contributed by atoms with Gasteiger partial charge in [0, 0.05) is 6.04 Å². The number of benzene rings is 1. The van der Waals surface area contributed by atoms with Crippen LogP contribution in [0.2, 0.25) is 0 Å². The molecule has 1 aromatic rings. The van der Waals surface area contributed by atoms with Crippen molar-refractivity contribution in [1.82, 2.24) is 5.32 Å². The monoisotopic (exact) mass is 330 g/mol.